The molecular formula is C12H20O3. The van der Waals surface area contributed by atoms with E-state index in [9.17, 15) is 5.11 Å². The molecule has 1 aliphatic heterocycles. The molecule has 0 aromatic rings. The molecule has 1 fully saturated rings. The van der Waals surface area contributed by atoms with Crippen LogP contribution in [-0.2, 0) is 9.47 Å². The average molecular weight is 212 g/mol. The summed E-state index contributed by atoms with van der Waals surface area (Å²) in [7, 11) is 0. The summed E-state index contributed by atoms with van der Waals surface area (Å²) in [5.41, 5.74) is 1.07. The Kier molecular flexibility index (Phi) is 3.78. The first-order chi connectivity index (χ1) is 7.35. The van der Waals surface area contributed by atoms with Gasteiger partial charge in [0.05, 0.1) is 19.8 Å². The summed E-state index contributed by atoms with van der Waals surface area (Å²) >= 11 is 0. The van der Waals surface area contributed by atoms with Crippen molar-refractivity contribution in [3.63, 3.8) is 0 Å². The molecule has 1 heterocycles. The van der Waals surface area contributed by atoms with Crippen molar-refractivity contribution in [3.8, 4) is 0 Å². The molecule has 0 bridgehead atoms. The Morgan fingerprint density at radius 1 is 1.20 bits per heavy atom. The predicted octanol–water partition coefficient (Wildman–Crippen LogP) is 2.00. The van der Waals surface area contributed by atoms with Gasteiger partial charge in [-0.05, 0) is 24.8 Å². The van der Waals surface area contributed by atoms with Crippen LogP contribution in [0, 0.1) is 0 Å². The van der Waals surface area contributed by atoms with Gasteiger partial charge in [-0.25, -0.2) is 0 Å². The summed E-state index contributed by atoms with van der Waals surface area (Å²) in [5, 5.41) is 9.26. The highest BCUT2D eigenvalue weighted by Gasteiger charge is 2.36. The molecule has 0 radical (unpaired) electrons. The standard InChI is InChI=1S/C12H20O3/c13-10-11-5-3-1-2-4-6-12(9-11)14-7-8-15-12/h5,13H,1-4,6-10H2/b11-5+. The fraction of sp³-hybridized carbons (Fsp3) is 0.833. The van der Waals surface area contributed by atoms with Gasteiger partial charge in [0, 0.05) is 12.8 Å². The molecule has 0 atom stereocenters. The maximum atomic E-state index is 9.26. The lowest BCUT2D eigenvalue weighted by Gasteiger charge is -2.27. The first-order valence-electron chi connectivity index (χ1n) is 5.91. The summed E-state index contributed by atoms with van der Waals surface area (Å²) < 4.78 is 11.5. The van der Waals surface area contributed by atoms with Crippen molar-refractivity contribution in [3.05, 3.63) is 11.6 Å². The van der Waals surface area contributed by atoms with Crippen molar-refractivity contribution in [2.75, 3.05) is 19.8 Å². The van der Waals surface area contributed by atoms with Crippen molar-refractivity contribution in [2.24, 2.45) is 0 Å². The van der Waals surface area contributed by atoms with Crippen LogP contribution in [0.25, 0.3) is 0 Å². The Morgan fingerprint density at radius 3 is 2.73 bits per heavy atom. The van der Waals surface area contributed by atoms with Gasteiger partial charge >= 0.3 is 0 Å². The third-order valence-corrected chi connectivity index (χ3v) is 3.21. The topological polar surface area (TPSA) is 38.7 Å². The van der Waals surface area contributed by atoms with Crippen LogP contribution in [0.15, 0.2) is 11.6 Å². The van der Waals surface area contributed by atoms with E-state index >= 15 is 0 Å². The molecule has 1 aliphatic carbocycles. The zero-order valence-corrected chi connectivity index (χ0v) is 9.21. The summed E-state index contributed by atoms with van der Waals surface area (Å²) in [6, 6.07) is 0. The zero-order valence-electron chi connectivity index (χ0n) is 9.21. The molecule has 1 saturated heterocycles. The van der Waals surface area contributed by atoms with E-state index in [1.807, 2.05) is 0 Å². The van der Waals surface area contributed by atoms with E-state index in [0.717, 1.165) is 31.3 Å². The Labute approximate surface area is 91.1 Å². The van der Waals surface area contributed by atoms with E-state index < -0.39 is 5.79 Å². The Morgan fingerprint density at radius 2 is 2.00 bits per heavy atom. The summed E-state index contributed by atoms with van der Waals surface area (Å²) in [6.45, 7) is 1.52. The van der Waals surface area contributed by atoms with Crippen LogP contribution in [0.3, 0.4) is 0 Å². The number of hydrogen-bond acceptors (Lipinski definition) is 3. The first kappa shape index (κ1) is 11.1. The first-order valence-corrected chi connectivity index (χ1v) is 5.91. The molecule has 3 nitrogen and oxygen atoms in total. The normalized spacial score (nSPS) is 30.3. The van der Waals surface area contributed by atoms with Gasteiger partial charge in [-0.3, -0.25) is 0 Å². The third-order valence-electron chi connectivity index (χ3n) is 3.21. The number of hydrogen-bond donors (Lipinski definition) is 1. The van der Waals surface area contributed by atoms with E-state index in [4.69, 9.17) is 9.47 Å². The second kappa shape index (κ2) is 5.10. The maximum absolute atomic E-state index is 9.26. The van der Waals surface area contributed by atoms with E-state index in [1.165, 1.54) is 12.8 Å². The second-order valence-electron chi connectivity index (χ2n) is 4.40. The number of ether oxygens (including phenoxy) is 2. The van der Waals surface area contributed by atoms with E-state index in [2.05, 4.69) is 6.08 Å². The molecule has 1 N–H and O–H groups in total. The van der Waals surface area contributed by atoms with Gasteiger partial charge in [-0.15, -0.1) is 0 Å². The quantitative estimate of drug-likeness (QED) is 0.676. The van der Waals surface area contributed by atoms with E-state index in [1.54, 1.807) is 0 Å². The Hall–Kier alpha value is -0.380. The molecule has 86 valence electrons. The largest absolute Gasteiger partial charge is 0.392 e. The van der Waals surface area contributed by atoms with Crippen LogP contribution < -0.4 is 0 Å². The lowest BCUT2D eigenvalue weighted by molar-refractivity contribution is -0.162. The Bertz CT molecular complexity index is 229. The molecule has 15 heavy (non-hydrogen) atoms. The van der Waals surface area contributed by atoms with Gasteiger partial charge in [0.1, 0.15) is 0 Å². The number of allylic oxidation sites excluding steroid dienone is 1. The van der Waals surface area contributed by atoms with Crippen molar-refractivity contribution in [2.45, 2.75) is 44.3 Å². The van der Waals surface area contributed by atoms with Crippen LogP contribution in [0.4, 0.5) is 0 Å². The van der Waals surface area contributed by atoms with Crippen LogP contribution in [0.2, 0.25) is 0 Å². The molecule has 0 amide bonds. The fourth-order valence-corrected chi connectivity index (χ4v) is 2.39. The van der Waals surface area contributed by atoms with Crippen molar-refractivity contribution in [1.82, 2.24) is 0 Å². The fourth-order valence-electron chi connectivity index (χ4n) is 2.39. The lowest BCUT2D eigenvalue weighted by Crippen LogP contribution is -2.31. The maximum Gasteiger partial charge on any atom is 0.172 e. The molecule has 0 aromatic heterocycles. The van der Waals surface area contributed by atoms with Gasteiger partial charge in [-0.1, -0.05) is 12.5 Å². The van der Waals surface area contributed by atoms with Gasteiger partial charge < -0.3 is 14.6 Å². The molecule has 2 rings (SSSR count). The van der Waals surface area contributed by atoms with Gasteiger partial charge in [-0.2, -0.15) is 0 Å². The van der Waals surface area contributed by atoms with Crippen LogP contribution >= 0.6 is 0 Å². The second-order valence-corrected chi connectivity index (χ2v) is 4.40. The lowest BCUT2D eigenvalue weighted by atomic mass is 10.0. The molecule has 2 aliphatic rings. The number of rotatable bonds is 1. The smallest absolute Gasteiger partial charge is 0.172 e. The highest BCUT2D eigenvalue weighted by Crippen LogP contribution is 2.33. The predicted molar refractivity (Wildman–Crippen MR) is 57.5 cm³/mol. The van der Waals surface area contributed by atoms with Crippen LogP contribution in [0.1, 0.15) is 38.5 Å². The average Bonchev–Trinajstić information content (AvgIpc) is 2.73. The van der Waals surface area contributed by atoms with E-state index in [-0.39, 0.29) is 6.61 Å². The molecule has 3 heteroatoms. The third kappa shape index (κ3) is 2.80. The Balaban J connectivity index is 2.07. The van der Waals surface area contributed by atoms with Crippen molar-refractivity contribution < 1.29 is 14.6 Å². The monoisotopic (exact) mass is 212 g/mol. The van der Waals surface area contributed by atoms with Gasteiger partial charge in [0.15, 0.2) is 5.79 Å². The van der Waals surface area contributed by atoms with Crippen molar-refractivity contribution >= 4 is 0 Å². The molecular weight excluding hydrogens is 192 g/mol. The van der Waals surface area contributed by atoms with Crippen LogP contribution in [-0.4, -0.2) is 30.7 Å². The number of aliphatic hydroxyl groups is 1. The van der Waals surface area contributed by atoms with Crippen molar-refractivity contribution in [1.29, 1.82) is 0 Å². The summed E-state index contributed by atoms with van der Waals surface area (Å²) in [6.07, 6.45) is 8.52. The zero-order chi connectivity index (χ0) is 10.6. The minimum atomic E-state index is -0.418. The minimum Gasteiger partial charge on any atom is -0.392 e. The SMILES string of the molecule is OC/C1=C/CCCCCC2(C1)OCCO2. The minimum absolute atomic E-state index is 0.133. The van der Waals surface area contributed by atoms with Crippen LogP contribution in [0.5, 0.6) is 0 Å². The number of aliphatic hydroxyl groups excluding tert-OH is 1. The highest BCUT2D eigenvalue weighted by atomic mass is 16.7. The van der Waals surface area contributed by atoms with E-state index in [0.29, 0.717) is 13.2 Å². The van der Waals surface area contributed by atoms with Gasteiger partial charge in [0.2, 0.25) is 0 Å². The molecule has 0 unspecified atom stereocenters. The molecule has 1 spiro atoms. The molecule has 0 aromatic carbocycles. The highest BCUT2D eigenvalue weighted by molar-refractivity contribution is 5.06. The summed E-state index contributed by atoms with van der Waals surface area (Å²) in [5.74, 6) is -0.418. The summed E-state index contributed by atoms with van der Waals surface area (Å²) in [4.78, 5) is 0. The van der Waals surface area contributed by atoms with Gasteiger partial charge in [0.25, 0.3) is 0 Å². The molecule has 0 saturated carbocycles.